The van der Waals surface area contributed by atoms with E-state index in [1.165, 1.54) is 12.1 Å². The second-order valence-corrected chi connectivity index (χ2v) is 3.75. The fourth-order valence-corrected chi connectivity index (χ4v) is 1.66. The summed E-state index contributed by atoms with van der Waals surface area (Å²) in [7, 11) is 0. The third-order valence-electron chi connectivity index (χ3n) is 2.66. The van der Waals surface area contributed by atoms with Crippen molar-refractivity contribution in [1.82, 2.24) is 9.55 Å². The average Bonchev–Trinajstić information content (AvgIpc) is 2.39. The molecule has 1 N–H and O–H groups in total. The molecule has 2 rings (SSSR count). The van der Waals surface area contributed by atoms with Gasteiger partial charge in [-0.25, -0.2) is 9.78 Å². The first-order chi connectivity index (χ1) is 8.63. The standard InChI is InChI=1S/C13H12N2O3/c1-2-15-8-7-14-11(12(15)16)9-3-5-10(6-4-9)13(17)18/h3-8H,2H2,1H3,(H,17,18). The van der Waals surface area contributed by atoms with E-state index in [1.807, 2.05) is 6.92 Å². The molecular weight excluding hydrogens is 232 g/mol. The zero-order valence-corrected chi connectivity index (χ0v) is 9.83. The van der Waals surface area contributed by atoms with Gasteiger partial charge in [0.25, 0.3) is 5.56 Å². The topological polar surface area (TPSA) is 72.2 Å². The summed E-state index contributed by atoms with van der Waals surface area (Å²) in [5.41, 5.74) is 0.956. The van der Waals surface area contributed by atoms with Crippen LogP contribution in [0.15, 0.2) is 41.5 Å². The molecule has 0 aliphatic carbocycles. The van der Waals surface area contributed by atoms with Gasteiger partial charge in [-0.2, -0.15) is 0 Å². The Morgan fingerprint density at radius 2 is 2.00 bits per heavy atom. The number of hydrogen-bond acceptors (Lipinski definition) is 3. The Morgan fingerprint density at radius 3 is 2.56 bits per heavy atom. The van der Waals surface area contributed by atoms with Crippen LogP contribution in [-0.4, -0.2) is 20.6 Å². The van der Waals surface area contributed by atoms with E-state index in [-0.39, 0.29) is 11.1 Å². The molecule has 0 saturated carbocycles. The molecule has 0 unspecified atom stereocenters. The third kappa shape index (κ3) is 2.15. The quantitative estimate of drug-likeness (QED) is 0.890. The second-order valence-electron chi connectivity index (χ2n) is 3.75. The lowest BCUT2D eigenvalue weighted by molar-refractivity contribution is 0.0697. The van der Waals surface area contributed by atoms with Gasteiger partial charge in [-0.1, -0.05) is 12.1 Å². The van der Waals surface area contributed by atoms with Crippen LogP contribution in [0, 0.1) is 0 Å². The van der Waals surface area contributed by atoms with Crippen molar-refractivity contribution in [2.75, 3.05) is 0 Å². The summed E-state index contributed by atoms with van der Waals surface area (Å²) < 4.78 is 1.55. The minimum atomic E-state index is -0.992. The molecule has 2 aromatic rings. The molecule has 1 heterocycles. The molecule has 0 radical (unpaired) electrons. The summed E-state index contributed by atoms with van der Waals surface area (Å²) in [6.07, 6.45) is 3.18. The Bertz CT molecular complexity index is 629. The van der Waals surface area contributed by atoms with Crippen molar-refractivity contribution in [1.29, 1.82) is 0 Å². The molecule has 0 spiro atoms. The van der Waals surface area contributed by atoms with Crippen LogP contribution < -0.4 is 5.56 Å². The van der Waals surface area contributed by atoms with E-state index < -0.39 is 5.97 Å². The summed E-state index contributed by atoms with van der Waals surface area (Å²) >= 11 is 0. The van der Waals surface area contributed by atoms with Gasteiger partial charge in [-0.15, -0.1) is 0 Å². The first-order valence-corrected chi connectivity index (χ1v) is 5.52. The molecule has 1 aromatic carbocycles. The van der Waals surface area contributed by atoms with Gasteiger partial charge in [0.2, 0.25) is 0 Å². The summed E-state index contributed by atoms with van der Waals surface area (Å²) in [6.45, 7) is 2.44. The number of hydrogen-bond donors (Lipinski definition) is 1. The highest BCUT2D eigenvalue weighted by atomic mass is 16.4. The Hall–Kier alpha value is -2.43. The van der Waals surface area contributed by atoms with Crippen LogP contribution in [0.4, 0.5) is 0 Å². The molecular formula is C13H12N2O3. The number of rotatable bonds is 3. The summed E-state index contributed by atoms with van der Waals surface area (Å²) in [6, 6.07) is 6.10. The van der Waals surface area contributed by atoms with Gasteiger partial charge in [0, 0.05) is 24.5 Å². The monoisotopic (exact) mass is 244 g/mol. The smallest absolute Gasteiger partial charge is 0.335 e. The predicted octanol–water partition coefficient (Wildman–Crippen LogP) is 1.63. The zero-order chi connectivity index (χ0) is 13.1. The highest BCUT2D eigenvalue weighted by Crippen LogP contribution is 2.13. The van der Waals surface area contributed by atoms with Crippen molar-refractivity contribution in [3.8, 4) is 11.3 Å². The summed E-state index contributed by atoms with van der Waals surface area (Å²) in [4.78, 5) is 26.8. The molecule has 92 valence electrons. The fourth-order valence-electron chi connectivity index (χ4n) is 1.66. The Kier molecular flexibility index (Phi) is 3.23. The van der Waals surface area contributed by atoms with Crippen molar-refractivity contribution in [2.45, 2.75) is 13.5 Å². The predicted molar refractivity (Wildman–Crippen MR) is 66.6 cm³/mol. The van der Waals surface area contributed by atoms with Crippen LogP contribution in [0.2, 0.25) is 0 Å². The van der Waals surface area contributed by atoms with Crippen molar-refractivity contribution in [3.63, 3.8) is 0 Å². The maximum Gasteiger partial charge on any atom is 0.335 e. The Morgan fingerprint density at radius 1 is 1.33 bits per heavy atom. The van der Waals surface area contributed by atoms with E-state index >= 15 is 0 Å². The van der Waals surface area contributed by atoms with Crippen molar-refractivity contribution in [2.24, 2.45) is 0 Å². The van der Waals surface area contributed by atoms with Crippen LogP contribution >= 0.6 is 0 Å². The van der Waals surface area contributed by atoms with Gasteiger partial charge in [-0.3, -0.25) is 4.79 Å². The van der Waals surface area contributed by atoms with E-state index in [2.05, 4.69) is 4.98 Å². The van der Waals surface area contributed by atoms with Gasteiger partial charge in [0.05, 0.1) is 5.56 Å². The molecule has 0 bridgehead atoms. The first kappa shape index (κ1) is 12.0. The van der Waals surface area contributed by atoms with Crippen molar-refractivity contribution >= 4 is 5.97 Å². The Balaban J connectivity index is 2.49. The number of nitrogens with zero attached hydrogens (tertiary/aromatic N) is 2. The average molecular weight is 244 g/mol. The number of aromatic nitrogens is 2. The minimum absolute atomic E-state index is 0.178. The first-order valence-electron chi connectivity index (χ1n) is 5.52. The summed E-state index contributed by atoms with van der Waals surface area (Å²) in [5, 5.41) is 8.80. The summed E-state index contributed by atoms with van der Waals surface area (Å²) in [5.74, 6) is -0.992. The van der Waals surface area contributed by atoms with Gasteiger partial charge in [0.1, 0.15) is 5.69 Å². The molecule has 0 aliphatic heterocycles. The van der Waals surface area contributed by atoms with Gasteiger partial charge in [0.15, 0.2) is 0 Å². The van der Waals surface area contributed by atoms with E-state index in [1.54, 1.807) is 29.1 Å². The lowest BCUT2D eigenvalue weighted by Gasteiger charge is -2.04. The number of benzene rings is 1. The molecule has 0 fully saturated rings. The highest BCUT2D eigenvalue weighted by molar-refractivity contribution is 5.88. The molecule has 0 saturated heterocycles. The van der Waals surface area contributed by atoms with Gasteiger partial charge >= 0.3 is 5.97 Å². The SMILES string of the molecule is CCn1ccnc(-c2ccc(C(=O)O)cc2)c1=O. The molecule has 0 aliphatic rings. The second kappa shape index (κ2) is 4.83. The molecule has 0 atom stereocenters. The van der Waals surface area contributed by atoms with Crippen molar-refractivity contribution in [3.05, 3.63) is 52.6 Å². The number of carbonyl (C=O) groups is 1. The number of carboxylic acids is 1. The molecule has 18 heavy (non-hydrogen) atoms. The Labute approximate surface area is 103 Å². The zero-order valence-electron chi connectivity index (χ0n) is 9.83. The number of aryl methyl sites for hydroxylation is 1. The fraction of sp³-hybridized carbons (Fsp3) is 0.154. The molecule has 5 heteroatoms. The number of carboxylic acid groups (broad SMARTS) is 1. The van der Waals surface area contributed by atoms with Gasteiger partial charge in [-0.05, 0) is 19.1 Å². The third-order valence-corrected chi connectivity index (χ3v) is 2.66. The van der Waals surface area contributed by atoms with Crippen LogP contribution in [0.1, 0.15) is 17.3 Å². The molecule has 1 aromatic heterocycles. The lowest BCUT2D eigenvalue weighted by atomic mass is 10.1. The van der Waals surface area contributed by atoms with E-state index in [0.29, 0.717) is 17.8 Å². The van der Waals surface area contributed by atoms with Crippen molar-refractivity contribution < 1.29 is 9.90 Å². The molecule has 0 amide bonds. The maximum atomic E-state index is 12.0. The maximum absolute atomic E-state index is 12.0. The minimum Gasteiger partial charge on any atom is -0.478 e. The molecule has 5 nitrogen and oxygen atoms in total. The van der Waals surface area contributed by atoms with Crippen LogP contribution in [-0.2, 0) is 6.54 Å². The highest BCUT2D eigenvalue weighted by Gasteiger charge is 2.08. The van der Waals surface area contributed by atoms with E-state index in [4.69, 9.17) is 5.11 Å². The van der Waals surface area contributed by atoms with Gasteiger partial charge < -0.3 is 9.67 Å². The largest absolute Gasteiger partial charge is 0.478 e. The lowest BCUT2D eigenvalue weighted by Crippen LogP contribution is -2.21. The normalized spacial score (nSPS) is 10.3. The van der Waals surface area contributed by atoms with E-state index in [0.717, 1.165) is 0 Å². The van der Waals surface area contributed by atoms with E-state index in [9.17, 15) is 9.59 Å². The number of aromatic carboxylic acids is 1. The van der Waals surface area contributed by atoms with Crippen LogP contribution in [0.5, 0.6) is 0 Å². The van der Waals surface area contributed by atoms with Crippen LogP contribution in [0.3, 0.4) is 0 Å². The van der Waals surface area contributed by atoms with Crippen LogP contribution in [0.25, 0.3) is 11.3 Å².